The van der Waals surface area contributed by atoms with Crippen LogP contribution in [0.25, 0.3) is 0 Å². The maximum Gasteiger partial charge on any atom is 0.191 e. The van der Waals surface area contributed by atoms with Crippen molar-refractivity contribution in [2.24, 2.45) is 4.99 Å². The Balaban J connectivity index is 0.00000441. The van der Waals surface area contributed by atoms with Gasteiger partial charge >= 0.3 is 0 Å². The monoisotopic (exact) mass is 443 g/mol. The molecule has 0 unspecified atom stereocenters. The van der Waals surface area contributed by atoms with Crippen molar-refractivity contribution in [1.29, 1.82) is 0 Å². The van der Waals surface area contributed by atoms with Crippen LogP contribution in [0.5, 0.6) is 0 Å². The number of rotatable bonds is 8. The van der Waals surface area contributed by atoms with E-state index in [1.54, 1.807) is 0 Å². The third-order valence-electron chi connectivity index (χ3n) is 3.66. The van der Waals surface area contributed by atoms with Crippen LogP contribution in [0.4, 0.5) is 0 Å². The van der Waals surface area contributed by atoms with Crippen LogP contribution in [-0.2, 0) is 0 Å². The minimum absolute atomic E-state index is 0. The van der Waals surface area contributed by atoms with Crippen molar-refractivity contribution in [3.8, 4) is 0 Å². The minimum Gasteiger partial charge on any atom is -0.357 e. The molecule has 1 heterocycles. The Hall–Kier alpha value is 0.270. The molecule has 0 aromatic heterocycles. The largest absolute Gasteiger partial charge is 0.357 e. The zero-order valence-electron chi connectivity index (χ0n) is 14.4. The minimum atomic E-state index is 0. The lowest BCUT2D eigenvalue weighted by atomic mass is 10.3. The smallest absolute Gasteiger partial charge is 0.191 e. The average molecular weight is 443 g/mol. The van der Waals surface area contributed by atoms with Gasteiger partial charge < -0.3 is 20.4 Å². The van der Waals surface area contributed by atoms with E-state index in [9.17, 15) is 0 Å². The molecule has 0 aromatic rings. The number of thioether (sulfide) groups is 1. The van der Waals surface area contributed by atoms with Crippen LogP contribution < -0.4 is 10.6 Å². The van der Waals surface area contributed by atoms with Gasteiger partial charge in [0.05, 0.1) is 0 Å². The summed E-state index contributed by atoms with van der Waals surface area (Å²) < 4.78 is 0. The van der Waals surface area contributed by atoms with E-state index in [2.05, 4.69) is 45.7 Å². The van der Waals surface area contributed by atoms with E-state index in [0.29, 0.717) is 0 Å². The highest BCUT2D eigenvalue weighted by atomic mass is 127. The summed E-state index contributed by atoms with van der Waals surface area (Å²) in [6, 6.07) is 0. The second kappa shape index (κ2) is 14.8. The molecule has 0 atom stereocenters. The summed E-state index contributed by atoms with van der Waals surface area (Å²) in [5.74, 6) is 2.08. The summed E-state index contributed by atoms with van der Waals surface area (Å²) >= 11 is 1.86. The molecule has 0 spiro atoms. The molecule has 0 aromatic carbocycles. The van der Waals surface area contributed by atoms with Gasteiger partial charge in [-0.1, -0.05) is 0 Å². The molecule has 0 aliphatic carbocycles. The summed E-state index contributed by atoms with van der Waals surface area (Å²) in [7, 11) is 2.22. The molecular weight excluding hydrogens is 409 g/mol. The lowest BCUT2D eigenvalue weighted by Gasteiger charge is -2.19. The van der Waals surface area contributed by atoms with E-state index in [-0.39, 0.29) is 24.0 Å². The van der Waals surface area contributed by atoms with Crippen molar-refractivity contribution < 1.29 is 0 Å². The normalized spacial score (nSPS) is 17.7. The number of nitrogens with one attached hydrogen (secondary N) is 2. The van der Waals surface area contributed by atoms with Gasteiger partial charge in [0, 0.05) is 38.5 Å². The molecule has 1 aliphatic heterocycles. The van der Waals surface area contributed by atoms with Crippen LogP contribution in [0.3, 0.4) is 0 Å². The first-order chi connectivity index (χ1) is 10.3. The van der Waals surface area contributed by atoms with Crippen molar-refractivity contribution in [2.75, 3.05) is 71.4 Å². The quantitative estimate of drug-likeness (QED) is 0.258. The molecule has 1 saturated heterocycles. The summed E-state index contributed by atoms with van der Waals surface area (Å²) in [4.78, 5) is 9.66. The summed E-state index contributed by atoms with van der Waals surface area (Å²) in [5, 5.41) is 6.68. The molecule has 0 radical (unpaired) electrons. The highest BCUT2D eigenvalue weighted by Gasteiger charge is 2.10. The first kappa shape index (κ1) is 22.3. The van der Waals surface area contributed by atoms with Crippen molar-refractivity contribution in [3.05, 3.63) is 0 Å². The van der Waals surface area contributed by atoms with Crippen LogP contribution in [0.15, 0.2) is 4.99 Å². The molecule has 7 heteroatoms. The summed E-state index contributed by atoms with van der Waals surface area (Å²) in [6.07, 6.45) is 4.56. The Labute approximate surface area is 158 Å². The van der Waals surface area contributed by atoms with Gasteiger partial charge in [0.25, 0.3) is 0 Å². The van der Waals surface area contributed by atoms with E-state index in [4.69, 9.17) is 0 Å². The Morgan fingerprint density at radius 2 is 2.00 bits per heavy atom. The average Bonchev–Trinajstić information content (AvgIpc) is 2.68. The topological polar surface area (TPSA) is 42.9 Å². The number of halogens is 1. The van der Waals surface area contributed by atoms with Gasteiger partial charge in [-0.25, -0.2) is 0 Å². The maximum absolute atomic E-state index is 4.66. The number of aliphatic imine (C=N–C) groups is 1. The van der Waals surface area contributed by atoms with Crippen LogP contribution in [0.1, 0.15) is 19.8 Å². The van der Waals surface area contributed by atoms with Gasteiger partial charge in [0.15, 0.2) is 5.96 Å². The lowest BCUT2D eigenvalue weighted by molar-refractivity contribution is 0.275. The van der Waals surface area contributed by atoms with Crippen LogP contribution in [-0.4, -0.2) is 87.2 Å². The number of likely N-dealkylation sites (N-methyl/N-ethyl adjacent to an activating group) is 1. The van der Waals surface area contributed by atoms with Gasteiger partial charge in [-0.15, -0.1) is 24.0 Å². The van der Waals surface area contributed by atoms with Gasteiger partial charge in [-0.3, -0.25) is 4.99 Å². The van der Waals surface area contributed by atoms with Crippen LogP contribution in [0.2, 0.25) is 0 Å². The Morgan fingerprint density at radius 3 is 2.73 bits per heavy atom. The van der Waals surface area contributed by atoms with Gasteiger partial charge in [-0.2, -0.15) is 11.8 Å². The Kier molecular flexibility index (Phi) is 15.0. The zero-order valence-corrected chi connectivity index (χ0v) is 17.6. The molecule has 1 aliphatic rings. The van der Waals surface area contributed by atoms with E-state index in [1.165, 1.54) is 39.1 Å². The van der Waals surface area contributed by atoms with E-state index >= 15 is 0 Å². The van der Waals surface area contributed by atoms with E-state index in [0.717, 1.165) is 37.8 Å². The summed E-state index contributed by atoms with van der Waals surface area (Å²) in [6.45, 7) is 10.9. The summed E-state index contributed by atoms with van der Waals surface area (Å²) in [5.41, 5.74) is 0. The van der Waals surface area contributed by atoms with Crippen molar-refractivity contribution in [2.45, 2.75) is 19.8 Å². The van der Waals surface area contributed by atoms with Gasteiger partial charge in [-0.05, 0) is 52.7 Å². The molecule has 1 fully saturated rings. The van der Waals surface area contributed by atoms with Crippen LogP contribution in [0, 0.1) is 0 Å². The maximum atomic E-state index is 4.66. The molecule has 2 N–H and O–H groups in total. The van der Waals surface area contributed by atoms with Crippen molar-refractivity contribution in [1.82, 2.24) is 20.4 Å². The molecule has 0 bridgehead atoms. The SMILES string of the molecule is CCNC(=NCCCN1CCCN(C)CC1)NCCSC.I. The number of hydrogen-bond acceptors (Lipinski definition) is 4. The van der Waals surface area contributed by atoms with Gasteiger partial charge in [0.1, 0.15) is 0 Å². The molecular formula is C15H34IN5S. The van der Waals surface area contributed by atoms with E-state index in [1.807, 2.05) is 11.8 Å². The molecule has 22 heavy (non-hydrogen) atoms. The molecule has 132 valence electrons. The third kappa shape index (κ3) is 10.9. The molecule has 5 nitrogen and oxygen atoms in total. The molecule has 0 saturated carbocycles. The number of nitrogens with zero attached hydrogens (tertiary/aromatic N) is 3. The van der Waals surface area contributed by atoms with E-state index < -0.39 is 0 Å². The fraction of sp³-hybridized carbons (Fsp3) is 0.933. The second-order valence-corrected chi connectivity index (χ2v) is 6.52. The fourth-order valence-corrected chi connectivity index (χ4v) is 2.73. The highest BCUT2D eigenvalue weighted by Crippen LogP contribution is 2.01. The fourth-order valence-electron chi connectivity index (χ4n) is 2.42. The van der Waals surface area contributed by atoms with Crippen molar-refractivity contribution >= 4 is 41.7 Å². The Bertz CT molecular complexity index is 291. The third-order valence-corrected chi connectivity index (χ3v) is 4.27. The van der Waals surface area contributed by atoms with Crippen LogP contribution >= 0.6 is 35.7 Å². The zero-order chi connectivity index (χ0) is 15.3. The van der Waals surface area contributed by atoms with Crippen molar-refractivity contribution in [3.63, 3.8) is 0 Å². The first-order valence-electron chi connectivity index (χ1n) is 8.18. The highest BCUT2D eigenvalue weighted by molar-refractivity contribution is 14.0. The molecule has 1 rings (SSSR count). The second-order valence-electron chi connectivity index (χ2n) is 5.53. The molecule has 0 amide bonds. The standard InChI is InChI=1S/C15H33N5S.HI/c1-4-16-15(18-8-14-21-3)17-7-5-10-20-11-6-9-19(2)12-13-20;/h4-14H2,1-3H3,(H2,16,17,18);1H. The van der Waals surface area contributed by atoms with Gasteiger partial charge in [0.2, 0.25) is 0 Å². The Morgan fingerprint density at radius 1 is 1.18 bits per heavy atom. The number of guanidine groups is 1. The predicted octanol–water partition coefficient (Wildman–Crippen LogP) is 1.55. The predicted molar refractivity (Wildman–Crippen MR) is 111 cm³/mol. The lowest BCUT2D eigenvalue weighted by Crippen LogP contribution is -2.38. The first-order valence-corrected chi connectivity index (χ1v) is 9.57. The number of hydrogen-bond donors (Lipinski definition) is 2.